The first-order valence-electron chi connectivity index (χ1n) is 1.55. The van der Waals surface area contributed by atoms with E-state index in [0.29, 0.717) is 0 Å². The fourth-order valence-electron chi connectivity index (χ4n) is 0. The van der Waals surface area contributed by atoms with Crippen molar-refractivity contribution in [2.45, 2.75) is 13.0 Å². The summed E-state index contributed by atoms with van der Waals surface area (Å²) < 4.78 is 0. The molecule has 9 heavy (non-hydrogen) atoms. The summed E-state index contributed by atoms with van der Waals surface area (Å²) in [7, 11) is 0. The quantitative estimate of drug-likeness (QED) is 0.452. The molecule has 48 valence electrons. The van der Waals surface area contributed by atoms with Gasteiger partial charge in [0, 0.05) is 0 Å². The molecule has 0 amide bonds. The van der Waals surface area contributed by atoms with Gasteiger partial charge in [-0.2, -0.15) is 0 Å². The molecule has 0 aromatic heterocycles. The minimum absolute atomic E-state index is 0. The Balaban J connectivity index is -0.0000000417. The number of rotatable bonds is 1. The third-order valence-corrected chi connectivity index (χ3v) is 0.357. The predicted molar refractivity (Wildman–Crippen MR) is 44.9 cm³/mol. The predicted octanol–water partition coefficient (Wildman–Crippen LogP) is -3.30. The van der Waals surface area contributed by atoms with Gasteiger partial charge in [-0.15, -0.1) is 0 Å². The Morgan fingerprint density at radius 2 is 1.44 bits per heavy atom. The number of aliphatic hydroxyl groups is 1. The number of carboxylic acids is 1. The number of hydrogen-bond acceptors (Lipinski definition) is 2. The molecule has 0 aliphatic carbocycles. The van der Waals surface area contributed by atoms with Gasteiger partial charge < -0.3 is 10.2 Å². The second kappa shape index (κ2) is 13.8. The molecule has 0 aliphatic heterocycles. The van der Waals surface area contributed by atoms with Gasteiger partial charge in [-0.25, -0.2) is 4.79 Å². The van der Waals surface area contributed by atoms with Crippen LogP contribution in [-0.2, 0) is 4.79 Å². The fourth-order valence-corrected chi connectivity index (χ4v) is 0. The first-order valence-corrected chi connectivity index (χ1v) is 1.55. The van der Waals surface area contributed by atoms with Crippen LogP contribution in [0, 0.1) is 0 Å². The minimum atomic E-state index is -1.23. The Labute approximate surface area is 144 Å². The van der Waals surface area contributed by atoms with Gasteiger partial charge in [-0.1, -0.05) is 0 Å². The van der Waals surface area contributed by atoms with Crippen molar-refractivity contribution in [3.63, 3.8) is 0 Å². The first kappa shape index (κ1) is 22.8. The van der Waals surface area contributed by atoms with Gasteiger partial charge in [0.15, 0.2) is 0 Å². The van der Waals surface area contributed by atoms with Crippen LogP contribution in [0.1, 0.15) is 6.92 Å². The maximum atomic E-state index is 9.45. The number of carboxylic acid groups (broad SMARTS) is 1. The molecule has 3 nitrogen and oxygen atoms in total. The number of aliphatic hydroxyl groups excluding tert-OH is 1. The summed E-state index contributed by atoms with van der Waals surface area (Å²) in [6.45, 7) is 1.20. The maximum absolute atomic E-state index is 9.45. The number of aliphatic carboxylic acids is 1. The van der Waals surface area contributed by atoms with Gasteiger partial charge in [0.1, 0.15) is 6.10 Å². The SMILES string of the molecule is CC(O)C(=O)O.[CaH2].[CaH2].[CaH2]. The average molecular weight is 216 g/mol. The summed E-state index contributed by atoms with van der Waals surface area (Å²) in [5, 5.41) is 15.8. The van der Waals surface area contributed by atoms with Crippen LogP contribution in [0.3, 0.4) is 0 Å². The van der Waals surface area contributed by atoms with Gasteiger partial charge in [0.05, 0.1) is 0 Å². The molecular weight excluding hydrogens is 204 g/mol. The molecule has 1 unspecified atom stereocenters. The van der Waals surface area contributed by atoms with E-state index in [-0.39, 0.29) is 113 Å². The Hall–Kier alpha value is 3.21. The number of carbonyl (C=O) groups is 1. The van der Waals surface area contributed by atoms with E-state index in [1.807, 2.05) is 0 Å². The average Bonchev–Trinajstić information content (AvgIpc) is 1.36. The normalized spacial score (nSPS) is 9.11. The molecule has 0 saturated carbocycles. The third-order valence-electron chi connectivity index (χ3n) is 0.357. The van der Waals surface area contributed by atoms with E-state index in [1.54, 1.807) is 0 Å². The molecule has 6 heteroatoms. The summed E-state index contributed by atoms with van der Waals surface area (Å²) in [5.74, 6) is -1.19. The summed E-state index contributed by atoms with van der Waals surface area (Å²) in [6, 6.07) is 0. The molecule has 1 atom stereocenters. The van der Waals surface area contributed by atoms with Crippen LogP contribution in [0.4, 0.5) is 0 Å². The van der Waals surface area contributed by atoms with Crippen LogP contribution >= 0.6 is 0 Å². The van der Waals surface area contributed by atoms with E-state index in [9.17, 15) is 4.79 Å². The molecular formula is C3H12Ca3O3. The summed E-state index contributed by atoms with van der Waals surface area (Å²) in [6.07, 6.45) is -1.23. The van der Waals surface area contributed by atoms with Crippen molar-refractivity contribution in [2.24, 2.45) is 0 Å². The second-order valence-corrected chi connectivity index (χ2v) is 1.01. The van der Waals surface area contributed by atoms with Crippen LogP contribution in [0.15, 0.2) is 0 Å². The monoisotopic (exact) mass is 216 g/mol. The van der Waals surface area contributed by atoms with Gasteiger partial charge in [-0.05, 0) is 6.92 Å². The van der Waals surface area contributed by atoms with Gasteiger partial charge in [0.25, 0.3) is 0 Å². The zero-order chi connectivity index (χ0) is 5.15. The van der Waals surface area contributed by atoms with Crippen LogP contribution < -0.4 is 0 Å². The zero-order valence-electron chi connectivity index (χ0n) is 3.38. The summed E-state index contributed by atoms with van der Waals surface area (Å²) >= 11 is 0. The van der Waals surface area contributed by atoms with Gasteiger partial charge in [0.2, 0.25) is 0 Å². The van der Waals surface area contributed by atoms with Crippen molar-refractivity contribution in [3.05, 3.63) is 0 Å². The van der Waals surface area contributed by atoms with E-state index >= 15 is 0 Å². The molecule has 0 heterocycles. The Kier molecular flexibility index (Phi) is 34.8. The van der Waals surface area contributed by atoms with Crippen molar-refractivity contribution in [2.75, 3.05) is 0 Å². The van der Waals surface area contributed by atoms with Crippen LogP contribution in [0.5, 0.6) is 0 Å². The Bertz CT molecular complexity index is 65.3. The van der Waals surface area contributed by atoms with Crippen LogP contribution in [-0.4, -0.2) is 136 Å². The molecule has 0 aliphatic rings. The van der Waals surface area contributed by atoms with Gasteiger partial charge >= 0.3 is 119 Å². The number of hydrogen-bond donors (Lipinski definition) is 2. The van der Waals surface area contributed by atoms with Crippen molar-refractivity contribution in [1.29, 1.82) is 0 Å². The van der Waals surface area contributed by atoms with E-state index in [0.717, 1.165) is 0 Å². The molecule has 0 rings (SSSR count). The van der Waals surface area contributed by atoms with Crippen molar-refractivity contribution in [3.8, 4) is 0 Å². The first-order chi connectivity index (χ1) is 2.64. The molecule has 0 spiro atoms. The fraction of sp³-hybridized carbons (Fsp3) is 0.667. The summed E-state index contributed by atoms with van der Waals surface area (Å²) in [4.78, 5) is 9.45. The van der Waals surface area contributed by atoms with Crippen molar-refractivity contribution < 1.29 is 15.0 Å². The topological polar surface area (TPSA) is 57.5 Å². The zero-order valence-corrected chi connectivity index (χ0v) is 3.38. The molecule has 0 saturated heterocycles. The van der Waals surface area contributed by atoms with E-state index < -0.39 is 12.1 Å². The second-order valence-electron chi connectivity index (χ2n) is 1.01. The van der Waals surface area contributed by atoms with E-state index in [1.165, 1.54) is 6.92 Å². The molecule has 0 aromatic rings. The Morgan fingerprint density at radius 3 is 1.44 bits per heavy atom. The van der Waals surface area contributed by atoms with Crippen molar-refractivity contribution >= 4 is 119 Å². The molecule has 0 aromatic carbocycles. The molecule has 0 bridgehead atoms. The molecule has 2 N–H and O–H groups in total. The molecule has 0 radical (unpaired) electrons. The van der Waals surface area contributed by atoms with Crippen LogP contribution in [0.2, 0.25) is 0 Å². The Morgan fingerprint density at radius 1 is 1.33 bits per heavy atom. The summed E-state index contributed by atoms with van der Waals surface area (Å²) in [5.41, 5.74) is 0. The molecule has 0 fully saturated rings. The van der Waals surface area contributed by atoms with E-state index in [2.05, 4.69) is 0 Å². The van der Waals surface area contributed by atoms with Crippen molar-refractivity contribution in [1.82, 2.24) is 0 Å². The van der Waals surface area contributed by atoms with Gasteiger partial charge in [-0.3, -0.25) is 0 Å². The van der Waals surface area contributed by atoms with Crippen LogP contribution in [0.25, 0.3) is 0 Å². The standard InChI is InChI=1S/C3H6O3.3Ca.6H/c1-2(4)3(5)6;;;;;;;;;/h2,4H,1H3,(H,5,6);;;;;;;;;. The third kappa shape index (κ3) is 18.3. The van der Waals surface area contributed by atoms with E-state index in [4.69, 9.17) is 10.2 Å².